The summed E-state index contributed by atoms with van der Waals surface area (Å²) >= 11 is 0. The Hall–Kier alpha value is -2.45. The minimum Gasteiger partial charge on any atom is -0.465 e. The van der Waals surface area contributed by atoms with Crippen molar-refractivity contribution in [2.75, 3.05) is 19.0 Å². The fourth-order valence-electron chi connectivity index (χ4n) is 2.74. The van der Waals surface area contributed by atoms with Gasteiger partial charge in [-0.3, -0.25) is 15.0 Å². The average molecular weight is 363 g/mol. The number of ether oxygens (including phenoxy) is 2. The van der Waals surface area contributed by atoms with Gasteiger partial charge in [0.25, 0.3) is 5.91 Å². The van der Waals surface area contributed by atoms with Crippen molar-refractivity contribution in [2.24, 2.45) is 0 Å². The number of esters is 2. The summed E-state index contributed by atoms with van der Waals surface area (Å²) in [5.41, 5.74) is 7.52. The van der Waals surface area contributed by atoms with Gasteiger partial charge in [0.1, 0.15) is 6.04 Å². The molecule has 1 saturated heterocycles. The van der Waals surface area contributed by atoms with Crippen LogP contribution < -0.4 is 16.2 Å². The van der Waals surface area contributed by atoms with E-state index in [1.165, 1.54) is 13.2 Å². The van der Waals surface area contributed by atoms with Crippen LogP contribution in [0, 0.1) is 6.92 Å². The molecule has 26 heavy (non-hydrogen) atoms. The van der Waals surface area contributed by atoms with Crippen LogP contribution in [0.3, 0.4) is 0 Å². The van der Waals surface area contributed by atoms with Crippen LogP contribution in [-0.4, -0.2) is 43.6 Å². The van der Waals surface area contributed by atoms with Crippen LogP contribution in [0.2, 0.25) is 0 Å². The molecule has 8 nitrogen and oxygen atoms in total. The number of carbonyl (C=O) groups excluding carboxylic acids is 3. The Morgan fingerprint density at radius 2 is 2.04 bits per heavy atom. The number of amides is 1. The topological polar surface area (TPSA) is 106 Å². The van der Waals surface area contributed by atoms with Crippen molar-refractivity contribution in [1.82, 2.24) is 10.9 Å². The number of benzene rings is 1. The largest absolute Gasteiger partial charge is 0.465 e. The molecule has 0 saturated carbocycles. The predicted octanol–water partition coefficient (Wildman–Crippen LogP) is 1.30. The van der Waals surface area contributed by atoms with Gasteiger partial charge in [-0.05, 0) is 37.5 Å². The molecule has 1 aliphatic heterocycles. The van der Waals surface area contributed by atoms with Crippen molar-refractivity contribution in [2.45, 2.75) is 45.2 Å². The predicted molar refractivity (Wildman–Crippen MR) is 95.5 cm³/mol. The minimum absolute atomic E-state index is 0.232. The molecule has 0 aromatic heterocycles. The SMILES string of the molecule is CCCC1CC(C(=O)OCC(=O)Nc2cc(C(=O)OC)ccc2C)NN1. The number of hydrogen-bond donors (Lipinski definition) is 3. The Morgan fingerprint density at radius 3 is 2.73 bits per heavy atom. The molecule has 2 unspecified atom stereocenters. The normalized spacial score (nSPS) is 19.0. The van der Waals surface area contributed by atoms with Crippen molar-refractivity contribution in [1.29, 1.82) is 0 Å². The maximum Gasteiger partial charge on any atom is 0.337 e. The van der Waals surface area contributed by atoms with Crippen molar-refractivity contribution in [3.8, 4) is 0 Å². The monoisotopic (exact) mass is 363 g/mol. The molecule has 1 fully saturated rings. The Labute approximate surface area is 152 Å². The second kappa shape index (κ2) is 9.30. The fraction of sp³-hybridized carbons (Fsp3) is 0.500. The molecule has 1 aromatic carbocycles. The van der Waals surface area contributed by atoms with Gasteiger partial charge in [-0.15, -0.1) is 0 Å². The highest BCUT2D eigenvalue weighted by Crippen LogP contribution is 2.17. The third-order valence-corrected chi connectivity index (χ3v) is 4.18. The Bertz CT molecular complexity index is 677. The molecule has 142 valence electrons. The van der Waals surface area contributed by atoms with Gasteiger partial charge in [-0.1, -0.05) is 19.4 Å². The summed E-state index contributed by atoms with van der Waals surface area (Å²) in [6, 6.07) is 4.62. The summed E-state index contributed by atoms with van der Waals surface area (Å²) in [5.74, 6) is -1.43. The van der Waals surface area contributed by atoms with E-state index in [4.69, 9.17) is 4.74 Å². The number of carbonyl (C=O) groups is 3. The van der Waals surface area contributed by atoms with E-state index in [9.17, 15) is 14.4 Å². The van der Waals surface area contributed by atoms with Crippen LogP contribution >= 0.6 is 0 Å². The molecule has 1 heterocycles. The fourth-order valence-corrected chi connectivity index (χ4v) is 2.74. The minimum atomic E-state index is -0.492. The summed E-state index contributed by atoms with van der Waals surface area (Å²) in [7, 11) is 1.29. The zero-order valence-corrected chi connectivity index (χ0v) is 15.3. The van der Waals surface area contributed by atoms with Gasteiger partial charge in [0.15, 0.2) is 6.61 Å². The number of methoxy groups -OCH3 is 1. The van der Waals surface area contributed by atoms with E-state index in [0.29, 0.717) is 17.7 Å². The van der Waals surface area contributed by atoms with Crippen LogP contribution in [0.15, 0.2) is 18.2 Å². The lowest BCUT2D eigenvalue weighted by atomic mass is 10.1. The average Bonchev–Trinajstić information content (AvgIpc) is 3.10. The quantitative estimate of drug-likeness (QED) is 0.627. The van der Waals surface area contributed by atoms with Crippen LogP contribution in [-0.2, 0) is 19.1 Å². The number of rotatable bonds is 7. The molecule has 1 amide bonds. The smallest absolute Gasteiger partial charge is 0.337 e. The molecule has 0 aliphatic carbocycles. The van der Waals surface area contributed by atoms with Gasteiger partial charge in [0.2, 0.25) is 0 Å². The van der Waals surface area contributed by atoms with Crippen molar-refractivity contribution in [3.05, 3.63) is 29.3 Å². The van der Waals surface area contributed by atoms with Crippen molar-refractivity contribution in [3.63, 3.8) is 0 Å². The standard InChI is InChI=1S/C18H25N3O5/c1-4-5-13-9-15(21-20-13)18(24)26-10-16(22)19-14-8-12(17(23)25-3)7-6-11(14)2/h6-8,13,15,20-21H,4-5,9-10H2,1-3H3,(H,19,22). The Morgan fingerprint density at radius 1 is 1.27 bits per heavy atom. The lowest BCUT2D eigenvalue weighted by Gasteiger charge is -2.12. The Balaban J connectivity index is 1.85. The van der Waals surface area contributed by atoms with E-state index >= 15 is 0 Å². The molecule has 0 bridgehead atoms. The van der Waals surface area contributed by atoms with E-state index in [1.807, 2.05) is 0 Å². The first-order chi connectivity index (χ1) is 12.4. The summed E-state index contributed by atoms with van der Waals surface area (Å²) < 4.78 is 9.74. The van der Waals surface area contributed by atoms with Crippen LogP contribution in [0.1, 0.15) is 42.1 Å². The van der Waals surface area contributed by atoms with Gasteiger partial charge in [-0.2, -0.15) is 0 Å². The summed E-state index contributed by atoms with van der Waals surface area (Å²) in [6.45, 7) is 3.48. The lowest BCUT2D eigenvalue weighted by Crippen LogP contribution is -2.39. The summed E-state index contributed by atoms with van der Waals surface area (Å²) in [5, 5.41) is 2.64. The van der Waals surface area contributed by atoms with Gasteiger partial charge >= 0.3 is 11.9 Å². The first kappa shape index (κ1) is 19.9. The van der Waals surface area contributed by atoms with Crippen LogP contribution in [0.25, 0.3) is 0 Å². The molecule has 2 atom stereocenters. The van der Waals surface area contributed by atoms with Crippen LogP contribution in [0.4, 0.5) is 5.69 Å². The summed E-state index contributed by atoms with van der Waals surface area (Å²) in [6.07, 6.45) is 2.62. The highest BCUT2D eigenvalue weighted by molar-refractivity contribution is 5.96. The molecule has 8 heteroatoms. The van der Waals surface area contributed by atoms with E-state index in [2.05, 4.69) is 27.8 Å². The lowest BCUT2D eigenvalue weighted by molar-refractivity contribution is -0.149. The molecular weight excluding hydrogens is 338 g/mol. The van der Waals surface area contributed by atoms with E-state index in [0.717, 1.165) is 18.4 Å². The van der Waals surface area contributed by atoms with E-state index < -0.39 is 30.5 Å². The highest BCUT2D eigenvalue weighted by Gasteiger charge is 2.30. The number of nitrogens with one attached hydrogen (secondary N) is 3. The van der Waals surface area contributed by atoms with E-state index in [-0.39, 0.29) is 6.04 Å². The second-order valence-electron chi connectivity index (χ2n) is 6.24. The molecule has 0 spiro atoms. The van der Waals surface area contributed by atoms with E-state index in [1.54, 1.807) is 19.1 Å². The maximum atomic E-state index is 12.1. The van der Waals surface area contributed by atoms with Gasteiger partial charge in [0.05, 0.1) is 12.7 Å². The molecular formula is C18H25N3O5. The first-order valence-corrected chi connectivity index (χ1v) is 8.61. The van der Waals surface area contributed by atoms with Gasteiger partial charge in [-0.25, -0.2) is 10.2 Å². The molecule has 1 aliphatic rings. The van der Waals surface area contributed by atoms with Crippen molar-refractivity contribution >= 4 is 23.5 Å². The molecule has 1 aromatic rings. The Kier molecular flexibility index (Phi) is 7.11. The zero-order chi connectivity index (χ0) is 19.1. The number of hydrogen-bond acceptors (Lipinski definition) is 7. The van der Waals surface area contributed by atoms with Crippen molar-refractivity contribution < 1.29 is 23.9 Å². The zero-order valence-electron chi connectivity index (χ0n) is 15.3. The number of anilines is 1. The third kappa shape index (κ3) is 5.27. The number of aryl methyl sites for hydroxylation is 1. The van der Waals surface area contributed by atoms with Gasteiger partial charge in [0, 0.05) is 11.7 Å². The van der Waals surface area contributed by atoms with Gasteiger partial charge < -0.3 is 14.8 Å². The summed E-state index contributed by atoms with van der Waals surface area (Å²) in [4.78, 5) is 35.7. The maximum absolute atomic E-state index is 12.1. The second-order valence-corrected chi connectivity index (χ2v) is 6.24. The first-order valence-electron chi connectivity index (χ1n) is 8.61. The third-order valence-electron chi connectivity index (χ3n) is 4.18. The highest BCUT2D eigenvalue weighted by atomic mass is 16.5. The molecule has 3 N–H and O–H groups in total. The molecule has 0 radical (unpaired) electrons. The number of hydrazine groups is 1. The molecule has 2 rings (SSSR count). The van der Waals surface area contributed by atoms with Crippen LogP contribution in [0.5, 0.6) is 0 Å².